The van der Waals surface area contributed by atoms with Crippen molar-refractivity contribution in [1.82, 2.24) is 14.3 Å². The molecule has 0 bridgehead atoms. The summed E-state index contributed by atoms with van der Waals surface area (Å²) in [4.78, 5) is 4.58. The average molecular weight is 414 g/mol. The average Bonchev–Trinajstić information content (AvgIpc) is 3.11. The van der Waals surface area contributed by atoms with Crippen LogP contribution < -0.4 is 9.46 Å². The first-order chi connectivity index (χ1) is 13.6. The molecule has 29 heavy (non-hydrogen) atoms. The van der Waals surface area contributed by atoms with Crippen LogP contribution in [-0.2, 0) is 22.5 Å². The number of rotatable bonds is 6. The zero-order valence-corrected chi connectivity index (χ0v) is 18.2. The van der Waals surface area contributed by atoms with E-state index in [9.17, 15) is 8.42 Å². The number of nitrogens with zero attached hydrogens (tertiary/aromatic N) is 2. The summed E-state index contributed by atoms with van der Waals surface area (Å²) >= 11 is 0. The highest BCUT2D eigenvalue weighted by Crippen LogP contribution is 2.27. The first-order valence-electron chi connectivity index (χ1n) is 9.36. The van der Waals surface area contributed by atoms with Gasteiger partial charge in [0.25, 0.3) is 0 Å². The van der Waals surface area contributed by atoms with Gasteiger partial charge >= 0.3 is 0 Å². The highest BCUT2D eigenvalue weighted by atomic mass is 32.2. The lowest BCUT2D eigenvalue weighted by molar-refractivity contribution is 0.414. The van der Waals surface area contributed by atoms with Crippen molar-refractivity contribution in [3.05, 3.63) is 77.9 Å². The summed E-state index contributed by atoms with van der Waals surface area (Å²) < 4.78 is 36.1. The number of sulfonamides is 1. The number of hydrogen-bond donors (Lipinski definition) is 1. The molecule has 1 atom stereocenters. The van der Waals surface area contributed by atoms with Crippen molar-refractivity contribution < 1.29 is 13.2 Å². The molecule has 2 aromatic carbocycles. The molecule has 1 heterocycles. The molecule has 1 unspecified atom stereocenters. The monoisotopic (exact) mass is 413 g/mol. The van der Waals surface area contributed by atoms with Crippen LogP contribution in [0, 0.1) is 0 Å². The van der Waals surface area contributed by atoms with Gasteiger partial charge in [0.15, 0.2) is 0 Å². The van der Waals surface area contributed by atoms with Gasteiger partial charge in [0, 0.05) is 19.4 Å². The van der Waals surface area contributed by atoms with Gasteiger partial charge in [-0.3, -0.25) is 0 Å². The van der Waals surface area contributed by atoms with E-state index in [4.69, 9.17) is 4.74 Å². The first kappa shape index (κ1) is 21.1. The van der Waals surface area contributed by atoms with Crippen LogP contribution in [-0.4, -0.2) is 25.1 Å². The number of ether oxygens (including phenoxy) is 1. The third kappa shape index (κ3) is 4.68. The minimum absolute atomic E-state index is 0.0473. The Bertz CT molecular complexity index is 1060. The molecule has 1 aromatic heterocycles. The van der Waals surface area contributed by atoms with Gasteiger partial charge in [-0.2, -0.15) is 4.72 Å². The van der Waals surface area contributed by atoms with E-state index in [1.54, 1.807) is 48.3 Å². The second kappa shape index (κ2) is 8.00. The summed E-state index contributed by atoms with van der Waals surface area (Å²) in [5, 5.41) is 0. The highest BCUT2D eigenvalue weighted by molar-refractivity contribution is 7.89. The number of hydrogen-bond acceptors (Lipinski definition) is 4. The van der Waals surface area contributed by atoms with Crippen LogP contribution >= 0.6 is 0 Å². The molecular weight excluding hydrogens is 386 g/mol. The number of aryl methyl sites for hydroxylation is 1. The van der Waals surface area contributed by atoms with Crippen molar-refractivity contribution in [1.29, 1.82) is 0 Å². The SMILES string of the molecule is COc1ccc(C(NS(=O)(=O)c2ccc(C(C)(C)C)cc2)c2nccn2C)cc1. The predicted molar refractivity (Wildman–Crippen MR) is 114 cm³/mol. The quantitative estimate of drug-likeness (QED) is 0.667. The third-order valence-electron chi connectivity index (χ3n) is 4.87. The molecule has 3 rings (SSSR count). The summed E-state index contributed by atoms with van der Waals surface area (Å²) in [6, 6.07) is 13.7. The molecule has 6 nitrogen and oxygen atoms in total. The standard InChI is InChI=1S/C22H27N3O3S/c1-22(2,3)17-8-12-19(13-9-17)29(26,27)24-20(21-23-14-15-25(21)4)16-6-10-18(28-5)11-7-16/h6-15,20,24H,1-5H3. The molecule has 0 aliphatic heterocycles. The molecule has 0 aliphatic rings. The van der Waals surface area contributed by atoms with Gasteiger partial charge in [-0.25, -0.2) is 13.4 Å². The van der Waals surface area contributed by atoms with E-state index >= 15 is 0 Å². The van der Waals surface area contributed by atoms with Crippen molar-refractivity contribution in [3.8, 4) is 5.75 Å². The zero-order valence-electron chi connectivity index (χ0n) is 17.4. The van der Waals surface area contributed by atoms with Crippen molar-refractivity contribution in [2.45, 2.75) is 37.1 Å². The maximum Gasteiger partial charge on any atom is 0.241 e. The number of imidazole rings is 1. The van der Waals surface area contributed by atoms with Crippen molar-refractivity contribution in [2.75, 3.05) is 7.11 Å². The molecular formula is C22H27N3O3S. The Kier molecular flexibility index (Phi) is 5.82. The summed E-state index contributed by atoms with van der Waals surface area (Å²) in [5.41, 5.74) is 1.80. The molecule has 0 fully saturated rings. The van der Waals surface area contributed by atoms with Crippen molar-refractivity contribution in [2.24, 2.45) is 7.05 Å². The van der Waals surface area contributed by atoms with Gasteiger partial charge in [-0.05, 0) is 40.8 Å². The fourth-order valence-corrected chi connectivity index (χ4v) is 4.26. The molecule has 1 N–H and O–H groups in total. The number of methoxy groups -OCH3 is 1. The van der Waals surface area contributed by atoms with Gasteiger partial charge in [0.1, 0.15) is 17.6 Å². The van der Waals surface area contributed by atoms with E-state index in [-0.39, 0.29) is 10.3 Å². The Morgan fingerprint density at radius 1 is 1.03 bits per heavy atom. The Morgan fingerprint density at radius 3 is 2.14 bits per heavy atom. The van der Waals surface area contributed by atoms with Crippen molar-refractivity contribution >= 4 is 10.0 Å². The Balaban J connectivity index is 1.97. The third-order valence-corrected chi connectivity index (χ3v) is 6.31. The van der Waals surface area contributed by atoms with Crippen LogP contribution in [0.3, 0.4) is 0 Å². The maximum atomic E-state index is 13.1. The van der Waals surface area contributed by atoms with Crippen LogP contribution in [0.1, 0.15) is 43.8 Å². The van der Waals surface area contributed by atoms with E-state index < -0.39 is 16.1 Å². The van der Waals surface area contributed by atoms with E-state index in [1.165, 1.54) is 0 Å². The molecule has 0 saturated carbocycles. The van der Waals surface area contributed by atoms with Gasteiger partial charge < -0.3 is 9.30 Å². The van der Waals surface area contributed by atoms with Gasteiger partial charge in [-0.1, -0.05) is 45.0 Å². The highest BCUT2D eigenvalue weighted by Gasteiger charge is 2.26. The molecule has 3 aromatic rings. The zero-order chi connectivity index (χ0) is 21.2. The lowest BCUT2D eigenvalue weighted by Crippen LogP contribution is -2.31. The topological polar surface area (TPSA) is 73.2 Å². The van der Waals surface area contributed by atoms with Crippen LogP contribution in [0.4, 0.5) is 0 Å². The van der Waals surface area contributed by atoms with Crippen LogP contribution in [0.25, 0.3) is 0 Å². The van der Waals surface area contributed by atoms with E-state index in [2.05, 4.69) is 30.5 Å². The molecule has 154 valence electrons. The normalized spacial score (nSPS) is 13.3. The lowest BCUT2D eigenvalue weighted by atomic mass is 9.87. The summed E-state index contributed by atoms with van der Waals surface area (Å²) in [5.74, 6) is 1.30. The lowest BCUT2D eigenvalue weighted by Gasteiger charge is -2.21. The van der Waals surface area contributed by atoms with E-state index in [1.807, 2.05) is 31.3 Å². The second-order valence-electron chi connectivity index (χ2n) is 8.00. The number of aromatic nitrogens is 2. The molecule has 0 saturated heterocycles. The predicted octanol–water partition coefficient (Wildman–Crippen LogP) is 3.79. The Hall–Kier alpha value is -2.64. The summed E-state index contributed by atoms with van der Waals surface area (Å²) in [6.45, 7) is 6.28. The van der Waals surface area contributed by atoms with Crippen LogP contribution in [0.5, 0.6) is 5.75 Å². The van der Waals surface area contributed by atoms with Gasteiger partial charge in [0.2, 0.25) is 10.0 Å². The molecule has 0 radical (unpaired) electrons. The molecule has 7 heteroatoms. The fraction of sp³-hybridized carbons (Fsp3) is 0.318. The first-order valence-corrected chi connectivity index (χ1v) is 10.8. The van der Waals surface area contributed by atoms with Gasteiger partial charge in [-0.15, -0.1) is 0 Å². The molecule has 0 spiro atoms. The minimum atomic E-state index is -3.76. The van der Waals surface area contributed by atoms with Crippen LogP contribution in [0.15, 0.2) is 65.8 Å². The second-order valence-corrected chi connectivity index (χ2v) is 9.71. The van der Waals surface area contributed by atoms with E-state index in [0.29, 0.717) is 11.6 Å². The van der Waals surface area contributed by atoms with Gasteiger partial charge in [0.05, 0.1) is 12.0 Å². The summed E-state index contributed by atoms with van der Waals surface area (Å²) in [6.07, 6.45) is 3.44. The Labute approximate surface area is 172 Å². The Morgan fingerprint density at radius 2 is 1.66 bits per heavy atom. The van der Waals surface area contributed by atoms with Crippen molar-refractivity contribution in [3.63, 3.8) is 0 Å². The van der Waals surface area contributed by atoms with Crippen LogP contribution in [0.2, 0.25) is 0 Å². The largest absolute Gasteiger partial charge is 0.497 e. The molecule has 0 aliphatic carbocycles. The maximum absolute atomic E-state index is 13.1. The number of nitrogens with one attached hydrogen (secondary N) is 1. The number of benzene rings is 2. The van der Waals surface area contributed by atoms with E-state index in [0.717, 1.165) is 11.1 Å². The fourth-order valence-electron chi connectivity index (χ4n) is 3.08. The minimum Gasteiger partial charge on any atom is -0.497 e. The summed E-state index contributed by atoms with van der Waals surface area (Å²) in [7, 11) is -0.332. The smallest absolute Gasteiger partial charge is 0.241 e. The molecule has 0 amide bonds.